The van der Waals surface area contributed by atoms with Gasteiger partial charge in [-0.2, -0.15) is 26.3 Å². The van der Waals surface area contributed by atoms with Crippen molar-refractivity contribution < 1.29 is 36.3 Å². The van der Waals surface area contributed by atoms with Crippen molar-refractivity contribution >= 4 is 5.84 Å². The zero-order chi connectivity index (χ0) is 16.3. The number of aromatic nitrogens is 1. The second-order valence-electron chi connectivity index (χ2n) is 3.75. The van der Waals surface area contributed by atoms with Gasteiger partial charge in [0, 0.05) is 0 Å². The first-order valence-corrected chi connectivity index (χ1v) is 5.30. The molecule has 0 aliphatic heterocycles. The van der Waals surface area contributed by atoms with E-state index in [1.54, 1.807) is 0 Å². The van der Waals surface area contributed by atoms with E-state index in [1.807, 2.05) is 0 Å². The average Bonchev–Trinajstić information content (AvgIpc) is 2.35. The van der Waals surface area contributed by atoms with Gasteiger partial charge in [-0.25, -0.2) is 4.98 Å². The van der Waals surface area contributed by atoms with Gasteiger partial charge in [-0.15, -0.1) is 0 Å². The minimum absolute atomic E-state index is 0.354. The van der Waals surface area contributed by atoms with Crippen molar-refractivity contribution in [3.05, 3.63) is 23.4 Å². The zero-order valence-corrected chi connectivity index (χ0v) is 10.2. The normalized spacial score (nSPS) is 13.3. The second-order valence-corrected chi connectivity index (χ2v) is 3.75. The summed E-state index contributed by atoms with van der Waals surface area (Å²) in [6, 6.07) is 1.32. The Morgan fingerprint density at radius 2 is 1.86 bits per heavy atom. The SMILES string of the molecule is N/C(=N/O)c1ccc(C(F)(F)F)nc1OCCC(F)(F)F. The Kier molecular flexibility index (Phi) is 4.86. The molecule has 0 atom stereocenters. The van der Waals surface area contributed by atoms with Crippen LogP contribution in [0.25, 0.3) is 0 Å². The summed E-state index contributed by atoms with van der Waals surface area (Å²) in [5.74, 6) is -1.44. The lowest BCUT2D eigenvalue weighted by molar-refractivity contribution is -0.143. The molecule has 21 heavy (non-hydrogen) atoms. The Balaban J connectivity index is 3.06. The largest absolute Gasteiger partial charge is 0.477 e. The minimum Gasteiger partial charge on any atom is -0.477 e. The highest BCUT2D eigenvalue weighted by Gasteiger charge is 2.34. The number of halogens is 6. The van der Waals surface area contributed by atoms with Crippen LogP contribution >= 0.6 is 0 Å². The zero-order valence-electron chi connectivity index (χ0n) is 10.2. The predicted octanol–water partition coefficient (Wildman–Crippen LogP) is 2.53. The molecule has 0 fully saturated rings. The highest BCUT2D eigenvalue weighted by molar-refractivity contribution is 5.99. The number of nitrogens with zero attached hydrogens (tertiary/aromatic N) is 2. The molecule has 0 aliphatic rings. The van der Waals surface area contributed by atoms with Gasteiger partial charge in [-0.1, -0.05) is 5.16 Å². The van der Waals surface area contributed by atoms with Crippen LogP contribution in [-0.2, 0) is 6.18 Å². The van der Waals surface area contributed by atoms with Crippen LogP contribution in [0.4, 0.5) is 26.3 Å². The number of hydrogen-bond donors (Lipinski definition) is 2. The molecule has 0 aliphatic carbocycles. The number of alkyl halides is 6. The molecule has 3 N–H and O–H groups in total. The molecule has 1 aromatic heterocycles. The molecular weight excluding hydrogens is 308 g/mol. The Labute approximate surface area is 114 Å². The third-order valence-electron chi connectivity index (χ3n) is 2.16. The summed E-state index contributed by atoms with van der Waals surface area (Å²) in [4.78, 5) is 3.05. The molecule has 1 rings (SSSR count). The molecule has 0 saturated heterocycles. The van der Waals surface area contributed by atoms with Gasteiger partial charge in [0.05, 0.1) is 18.6 Å². The molecule has 0 saturated carbocycles. The molecule has 118 valence electrons. The van der Waals surface area contributed by atoms with Crippen molar-refractivity contribution in [1.82, 2.24) is 4.98 Å². The van der Waals surface area contributed by atoms with Crippen LogP contribution in [-0.4, -0.2) is 28.8 Å². The predicted molar refractivity (Wildman–Crippen MR) is 57.9 cm³/mol. The summed E-state index contributed by atoms with van der Waals surface area (Å²) >= 11 is 0. The van der Waals surface area contributed by atoms with Gasteiger partial charge in [-0.05, 0) is 12.1 Å². The van der Waals surface area contributed by atoms with Crippen LogP contribution in [0.15, 0.2) is 17.3 Å². The first kappa shape index (κ1) is 16.9. The molecule has 0 aromatic carbocycles. The van der Waals surface area contributed by atoms with E-state index < -0.39 is 42.8 Å². The van der Waals surface area contributed by atoms with Crippen LogP contribution in [0, 0.1) is 0 Å². The highest BCUT2D eigenvalue weighted by atomic mass is 19.4. The number of nitrogens with two attached hydrogens (primary N) is 1. The van der Waals surface area contributed by atoms with E-state index >= 15 is 0 Å². The highest BCUT2D eigenvalue weighted by Crippen LogP contribution is 2.30. The summed E-state index contributed by atoms with van der Waals surface area (Å²) in [6.45, 7) is -0.955. The third-order valence-corrected chi connectivity index (χ3v) is 2.16. The van der Waals surface area contributed by atoms with Gasteiger partial charge in [0.1, 0.15) is 5.69 Å². The van der Waals surface area contributed by atoms with Gasteiger partial charge >= 0.3 is 12.4 Å². The maximum absolute atomic E-state index is 12.5. The maximum Gasteiger partial charge on any atom is 0.433 e. The standard InChI is InChI=1S/C10H9F6N3O2/c11-9(12,13)3-4-21-8-5(7(17)19-20)1-2-6(18-8)10(14,15)16/h1-2,20H,3-4H2,(H2,17,19). The quantitative estimate of drug-likeness (QED) is 0.294. The Morgan fingerprint density at radius 1 is 1.24 bits per heavy atom. The van der Waals surface area contributed by atoms with E-state index in [9.17, 15) is 26.3 Å². The van der Waals surface area contributed by atoms with E-state index in [0.29, 0.717) is 6.07 Å². The number of amidine groups is 1. The van der Waals surface area contributed by atoms with Crippen LogP contribution < -0.4 is 10.5 Å². The molecule has 0 amide bonds. The summed E-state index contributed by atoms with van der Waals surface area (Å²) in [6.07, 6.45) is -10.7. The van der Waals surface area contributed by atoms with Crippen molar-refractivity contribution in [3.63, 3.8) is 0 Å². The molecule has 0 unspecified atom stereocenters. The molecule has 0 radical (unpaired) electrons. The molecule has 1 aromatic rings. The monoisotopic (exact) mass is 317 g/mol. The Hall–Kier alpha value is -2.20. The molecule has 11 heteroatoms. The average molecular weight is 317 g/mol. The minimum atomic E-state index is -4.81. The van der Waals surface area contributed by atoms with Crippen LogP contribution in [0.2, 0.25) is 0 Å². The summed E-state index contributed by atoms with van der Waals surface area (Å²) in [5.41, 5.74) is 3.46. The van der Waals surface area contributed by atoms with E-state index in [4.69, 9.17) is 10.9 Å². The van der Waals surface area contributed by atoms with Gasteiger partial charge < -0.3 is 15.7 Å². The summed E-state index contributed by atoms with van der Waals surface area (Å²) in [5, 5.41) is 11.0. The number of pyridine rings is 1. The molecular formula is C10H9F6N3O2. The number of ether oxygens (including phenoxy) is 1. The Morgan fingerprint density at radius 3 is 2.33 bits per heavy atom. The van der Waals surface area contributed by atoms with E-state index in [-0.39, 0.29) is 5.56 Å². The molecule has 1 heterocycles. The number of hydrogen-bond acceptors (Lipinski definition) is 4. The first-order valence-electron chi connectivity index (χ1n) is 5.30. The van der Waals surface area contributed by atoms with Crippen molar-refractivity contribution in [2.75, 3.05) is 6.61 Å². The lowest BCUT2D eigenvalue weighted by Crippen LogP contribution is -2.20. The molecule has 0 bridgehead atoms. The second kappa shape index (κ2) is 6.06. The van der Waals surface area contributed by atoms with Gasteiger partial charge in [0.2, 0.25) is 5.88 Å². The van der Waals surface area contributed by atoms with Crippen molar-refractivity contribution in [1.29, 1.82) is 0 Å². The van der Waals surface area contributed by atoms with Crippen LogP contribution in [0.1, 0.15) is 17.7 Å². The third kappa shape index (κ3) is 5.00. The van der Waals surface area contributed by atoms with E-state index in [2.05, 4.69) is 14.9 Å². The first-order chi connectivity index (χ1) is 9.54. The molecule has 0 spiro atoms. The number of rotatable bonds is 4. The fourth-order valence-electron chi connectivity index (χ4n) is 1.22. The smallest absolute Gasteiger partial charge is 0.433 e. The summed E-state index contributed by atoms with van der Waals surface area (Å²) in [7, 11) is 0. The lowest BCUT2D eigenvalue weighted by atomic mass is 10.2. The molecule has 5 nitrogen and oxygen atoms in total. The van der Waals surface area contributed by atoms with Crippen molar-refractivity contribution in [3.8, 4) is 5.88 Å². The van der Waals surface area contributed by atoms with Crippen molar-refractivity contribution in [2.45, 2.75) is 18.8 Å². The maximum atomic E-state index is 12.5. The van der Waals surface area contributed by atoms with Crippen LogP contribution in [0.3, 0.4) is 0 Å². The van der Waals surface area contributed by atoms with E-state index in [1.165, 1.54) is 0 Å². The summed E-state index contributed by atoms with van der Waals surface area (Å²) < 4.78 is 78.0. The number of oxime groups is 1. The van der Waals surface area contributed by atoms with E-state index in [0.717, 1.165) is 6.07 Å². The van der Waals surface area contributed by atoms with Gasteiger partial charge in [-0.3, -0.25) is 0 Å². The topological polar surface area (TPSA) is 80.7 Å². The fraction of sp³-hybridized carbons (Fsp3) is 0.400. The van der Waals surface area contributed by atoms with Crippen LogP contribution in [0.5, 0.6) is 5.88 Å². The van der Waals surface area contributed by atoms with Crippen molar-refractivity contribution in [2.24, 2.45) is 10.9 Å². The lowest BCUT2D eigenvalue weighted by Gasteiger charge is -2.13. The van der Waals surface area contributed by atoms with Gasteiger partial charge in [0.15, 0.2) is 5.84 Å². The van der Waals surface area contributed by atoms with Gasteiger partial charge in [0.25, 0.3) is 0 Å². The fourth-order valence-corrected chi connectivity index (χ4v) is 1.22. The Bertz CT molecular complexity index is 527.